The molecule has 0 bridgehead atoms. The first-order valence-electron chi connectivity index (χ1n) is 7.57. The number of H-pyrrole nitrogens is 1. The fraction of sp³-hybridized carbons (Fsp3) is 0.235. The van der Waals surface area contributed by atoms with E-state index in [0.717, 1.165) is 10.4 Å². The summed E-state index contributed by atoms with van der Waals surface area (Å²) in [4.78, 5) is 17.6. The van der Waals surface area contributed by atoms with Gasteiger partial charge in [-0.2, -0.15) is 0 Å². The first kappa shape index (κ1) is 16.7. The first-order valence-corrected chi connectivity index (χ1v) is 9.43. The van der Waals surface area contributed by atoms with E-state index >= 15 is 0 Å². The Morgan fingerprint density at radius 3 is 2.83 bits per heavy atom. The van der Waals surface area contributed by atoms with Crippen LogP contribution in [0.15, 0.2) is 46.9 Å². The highest BCUT2D eigenvalue weighted by atomic mass is 32.2. The Bertz CT molecular complexity index is 796. The summed E-state index contributed by atoms with van der Waals surface area (Å²) in [6, 6.07) is 12.1. The summed E-state index contributed by atoms with van der Waals surface area (Å²) in [7, 11) is 0. The van der Waals surface area contributed by atoms with E-state index in [0.29, 0.717) is 16.7 Å². The van der Waals surface area contributed by atoms with Gasteiger partial charge in [-0.1, -0.05) is 47.7 Å². The number of aryl methyl sites for hydroxylation is 1. The molecule has 0 spiro atoms. The number of aromatic nitrogens is 3. The molecule has 0 unspecified atom stereocenters. The van der Waals surface area contributed by atoms with E-state index < -0.39 is 0 Å². The molecule has 3 aromatic rings. The Morgan fingerprint density at radius 1 is 1.33 bits per heavy atom. The molecule has 2 aromatic heterocycles. The molecule has 0 aliphatic rings. The Hall–Kier alpha value is -2.12. The van der Waals surface area contributed by atoms with Crippen LogP contribution in [0.3, 0.4) is 0 Å². The quantitative estimate of drug-likeness (QED) is 0.657. The number of aromatic amines is 1. The van der Waals surface area contributed by atoms with Gasteiger partial charge in [-0.15, -0.1) is 16.4 Å². The van der Waals surface area contributed by atoms with Crippen molar-refractivity contribution < 1.29 is 4.79 Å². The topological polar surface area (TPSA) is 70.7 Å². The highest BCUT2D eigenvalue weighted by molar-refractivity contribution is 7.99. The molecule has 24 heavy (non-hydrogen) atoms. The molecule has 0 aliphatic carbocycles. The molecule has 5 nitrogen and oxygen atoms in total. The zero-order chi connectivity index (χ0) is 16.9. The van der Waals surface area contributed by atoms with Crippen LogP contribution in [0.1, 0.15) is 23.4 Å². The fourth-order valence-electron chi connectivity index (χ4n) is 2.17. The standard InChI is InChI=1S/C17H18N4OS2/c1-11-5-7-13(8-6-11)16-19-17(21-20-16)24-10-15(22)18-12(2)14-4-3-9-23-14/h3-9,12H,10H2,1-2H3,(H,18,22)(H,19,20,21)/t12-/m1/s1. The van der Waals surface area contributed by atoms with Crippen LogP contribution in [0.2, 0.25) is 0 Å². The van der Waals surface area contributed by atoms with Crippen LogP contribution in [0.5, 0.6) is 0 Å². The zero-order valence-electron chi connectivity index (χ0n) is 13.4. The van der Waals surface area contributed by atoms with Gasteiger partial charge in [0, 0.05) is 10.4 Å². The van der Waals surface area contributed by atoms with Crippen molar-refractivity contribution in [2.45, 2.75) is 25.0 Å². The summed E-state index contributed by atoms with van der Waals surface area (Å²) in [6.45, 7) is 4.03. The van der Waals surface area contributed by atoms with Gasteiger partial charge < -0.3 is 5.32 Å². The molecule has 0 saturated heterocycles. The lowest BCUT2D eigenvalue weighted by Crippen LogP contribution is -2.27. The Morgan fingerprint density at radius 2 is 2.12 bits per heavy atom. The summed E-state index contributed by atoms with van der Waals surface area (Å²) >= 11 is 2.96. The summed E-state index contributed by atoms with van der Waals surface area (Å²) in [6.07, 6.45) is 0. The number of amides is 1. The minimum atomic E-state index is -0.0254. The third-order valence-corrected chi connectivity index (χ3v) is 5.37. The largest absolute Gasteiger partial charge is 0.348 e. The van der Waals surface area contributed by atoms with Crippen molar-refractivity contribution in [1.82, 2.24) is 20.5 Å². The number of thiophene rings is 1. The molecule has 3 rings (SSSR count). The molecule has 124 valence electrons. The van der Waals surface area contributed by atoms with Crippen LogP contribution >= 0.6 is 23.1 Å². The first-order chi connectivity index (χ1) is 11.6. The Kier molecular flexibility index (Phi) is 5.32. The average molecular weight is 358 g/mol. The highest BCUT2D eigenvalue weighted by Gasteiger charge is 2.12. The molecule has 2 heterocycles. The van der Waals surface area contributed by atoms with E-state index in [2.05, 4.69) is 20.5 Å². The third kappa shape index (κ3) is 4.24. The second-order valence-corrected chi connectivity index (χ2v) is 7.35. The van der Waals surface area contributed by atoms with E-state index in [-0.39, 0.29) is 11.9 Å². The molecular formula is C17H18N4OS2. The molecule has 1 atom stereocenters. The Balaban J connectivity index is 1.53. The molecule has 0 aliphatic heterocycles. The molecule has 1 aromatic carbocycles. The van der Waals surface area contributed by atoms with E-state index in [1.54, 1.807) is 11.3 Å². The average Bonchev–Trinajstić information content (AvgIpc) is 3.25. The van der Waals surface area contributed by atoms with E-state index in [1.807, 2.05) is 55.6 Å². The molecule has 0 saturated carbocycles. The van der Waals surface area contributed by atoms with Crippen LogP contribution in [-0.2, 0) is 4.79 Å². The summed E-state index contributed by atoms with van der Waals surface area (Å²) in [5, 5.41) is 12.6. The minimum Gasteiger partial charge on any atom is -0.348 e. The second-order valence-electron chi connectivity index (χ2n) is 5.43. The number of hydrogen-bond donors (Lipinski definition) is 2. The van der Waals surface area contributed by atoms with Gasteiger partial charge in [-0.3, -0.25) is 9.89 Å². The van der Waals surface area contributed by atoms with E-state index in [4.69, 9.17) is 0 Å². The SMILES string of the molecule is Cc1ccc(-c2nc(SCC(=O)N[C@H](C)c3cccs3)n[nH]2)cc1. The van der Waals surface area contributed by atoms with Crippen LogP contribution in [0.25, 0.3) is 11.4 Å². The number of rotatable bonds is 6. The van der Waals surface area contributed by atoms with Crippen LogP contribution in [0, 0.1) is 6.92 Å². The maximum Gasteiger partial charge on any atom is 0.230 e. The number of benzene rings is 1. The summed E-state index contributed by atoms with van der Waals surface area (Å²) in [5.74, 6) is 0.980. The van der Waals surface area contributed by atoms with E-state index in [9.17, 15) is 4.79 Å². The van der Waals surface area contributed by atoms with Crippen LogP contribution < -0.4 is 5.32 Å². The zero-order valence-corrected chi connectivity index (χ0v) is 15.1. The molecular weight excluding hydrogens is 340 g/mol. The van der Waals surface area contributed by atoms with Gasteiger partial charge in [0.05, 0.1) is 11.8 Å². The third-order valence-electron chi connectivity index (χ3n) is 3.47. The van der Waals surface area contributed by atoms with E-state index in [1.165, 1.54) is 17.3 Å². The van der Waals surface area contributed by atoms with Crippen molar-refractivity contribution in [3.8, 4) is 11.4 Å². The summed E-state index contributed by atoms with van der Waals surface area (Å²) in [5.41, 5.74) is 2.18. The van der Waals surface area contributed by atoms with Crippen LogP contribution in [-0.4, -0.2) is 26.8 Å². The predicted octanol–water partition coefficient (Wildman–Crippen LogP) is 3.81. The molecule has 1 amide bonds. The van der Waals surface area contributed by atoms with Crippen molar-refractivity contribution >= 4 is 29.0 Å². The minimum absolute atomic E-state index is 0.0216. The normalized spacial score (nSPS) is 12.1. The number of nitrogens with zero attached hydrogens (tertiary/aromatic N) is 2. The molecule has 0 radical (unpaired) electrons. The van der Waals surface area contributed by atoms with Gasteiger partial charge in [0.25, 0.3) is 0 Å². The van der Waals surface area contributed by atoms with Crippen molar-refractivity contribution in [2.24, 2.45) is 0 Å². The number of thioether (sulfide) groups is 1. The predicted molar refractivity (Wildman–Crippen MR) is 98.2 cm³/mol. The molecule has 2 N–H and O–H groups in total. The lowest BCUT2D eigenvalue weighted by molar-refractivity contribution is -0.119. The van der Waals surface area contributed by atoms with Gasteiger partial charge in [0.1, 0.15) is 0 Å². The van der Waals surface area contributed by atoms with Gasteiger partial charge in [-0.25, -0.2) is 4.98 Å². The van der Waals surface area contributed by atoms with Gasteiger partial charge in [0.15, 0.2) is 5.82 Å². The smallest absolute Gasteiger partial charge is 0.230 e. The lowest BCUT2D eigenvalue weighted by atomic mass is 10.1. The van der Waals surface area contributed by atoms with Crippen molar-refractivity contribution in [1.29, 1.82) is 0 Å². The van der Waals surface area contributed by atoms with Gasteiger partial charge >= 0.3 is 0 Å². The monoisotopic (exact) mass is 358 g/mol. The fourth-order valence-corrected chi connectivity index (χ4v) is 3.52. The number of nitrogens with one attached hydrogen (secondary N) is 2. The number of carbonyl (C=O) groups is 1. The Labute approximate surface area is 148 Å². The van der Waals surface area contributed by atoms with Crippen molar-refractivity contribution in [2.75, 3.05) is 5.75 Å². The second kappa shape index (κ2) is 7.63. The van der Waals surface area contributed by atoms with Crippen molar-refractivity contribution in [3.05, 3.63) is 52.2 Å². The maximum absolute atomic E-state index is 12.0. The molecule has 0 fully saturated rings. The summed E-state index contributed by atoms with van der Waals surface area (Å²) < 4.78 is 0. The molecule has 7 heteroatoms. The lowest BCUT2D eigenvalue weighted by Gasteiger charge is -2.11. The van der Waals surface area contributed by atoms with Gasteiger partial charge in [0.2, 0.25) is 11.1 Å². The van der Waals surface area contributed by atoms with Crippen LogP contribution in [0.4, 0.5) is 0 Å². The highest BCUT2D eigenvalue weighted by Crippen LogP contribution is 2.21. The number of hydrogen-bond acceptors (Lipinski definition) is 5. The number of carbonyl (C=O) groups excluding carboxylic acids is 1. The van der Waals surface area contributed by atoms with Gasteiger partial charge in [-0.05, 0) is 25.3 Å². The van der Waals surface area contributed by atoms with Crippen molar-refractivity contribution in [3.63, 3.8) is 0 Å². The maximum atomic E-state index is 12.0.